The highest BCUT2D eigenvalue weighted by atomic mass is 35.5. The molecule has 0 saturated heterocycles. The molecule has 0 saturated carbocycles. The predicted molar refractivity (Wildman–Crippen MR) is 212 cm³/mol. The van der Waals surface area contributed by atoms with Crippen LogP contribution in [0.3, 0.4) is 0 Å². The number of ether oxygens (including phenoxy) is 1. The van der Waals surface area contributed by atoms with Crippen molar-refractivity contribution in [2.24, 2.45) is 0 Å². The van der Waals surface area contributed by atoms with E-state index < -0.39 is 11.6 Å². The van der Waals surface area contributed by atoms with Crippen molar-refractivity contribution in [2.75, 3.05) is 38.0 Å². The first-order chi connectivity index (χ1) is 23.8. The van der Waals surface area contributed by atoms with Gasteiger partial charge in [0, 0.05) is 55.2 Å². The van der Waals surface area contributed by atoms with Crippen molar-refractivity contribution in [1.29, 1.82) is 0 Å². The van der Waals surface area contributed by atoms with Crippen molar-refractivity contribution in [3.8, 4) is 0 Å². The third-order valence-corrected chi connectivity index (χ3v) is 10.8. The molecule has 50 heavy (non-hydrogen) atoms. The second-order valence-electron chi connectivity index (χ2n) is 12.2. The molecule has 0 radical (unpaired) electrons. The number of hydrogen-bond acceptors (Lipinski definition) is 4. The zero-order valence-corrected chi connectivity index (χ0v) is 31.9. The molecule has 254 valence electrons. The molecule has 1 heterocycles. The first-order valence-electron chi connectivity index (χ1n) is 15.4. The molecule has 0 spiro atoms. The lowest BCUT2D eigenvalue weighted by atomic mass is 9.83. The highest BCUT2D eigenvalue weighted by Crippen LogP contribution is 2.53. The smallest absolute Gasteiger partial charge is 0.341 e. The lowest BCUT2D eigenvalue weighted by molar-refractivity contribution is 0.0300. The van der Waals surface area contributed by atoms with Gasteiger partial charge in [-0.15, -0.1) is 0 Å². The molecule has 0 unspecified atom stereocenters. The highest BCUT2D eigenvalue weighted by Gasteiger charge is 2.48. The fraction of sp³-hybridized carbons (Fsp3) is 0.125. The number of halogens is 6. The fourth-order valence-corrected chi connectivity index (χ4v) is 7.25. The molecule has 0 bridgehead atoms. The minimum absolute atomic E-state index is 0.00770. The van der Waals surface area contributed by atoms with E-state index >= 15 is 0 Å². The highest BCUT2D eigenvalue weighted by molar-refractivity contribution is 6.53. The van der Waals surface area contributed by atoms with Gasteiger partial charge in [-0.2, -0.15) is 0 Å². The molecule has 5 aromatic carbocycles. The van der Waals surface area contributed by atoms with E-state index in [1.807, 2.05) is 147 Å². The number of nitrogens with zero attached hydrogens (tertiary/aromatic N) is 2. The summed E-state index contributed by atoms with van der Waals surface area (Å²) in [6, 6.07) is 31.0. The Morgan fingerprint density at radius 3 is 1.22 bits per heavy atom. The SMILES string of the molecule is CN(C)c1ccc(/C(=C/C2(/C=C(\c3ccc(Cl)cc3)c3ccc(N(C)C)cc3)OC(=O)c3c(Cl)c(Cl)c(Cl)c(Cl)c32)c2ccc(Cl)cc2)cc1. The van der Waals surface area contributed by atoms with Crippen molar-refractivity contribution < 1.29 is 9.53 Å². The van der Waals surface area contributed by atoms with Crippen molar-refractivity contribution in [1.82, 2.24) is 0 Å². The number of cyclic esters (lactones) is 1. The molecule has 0 atom stereocenters. The fourth-order valence-electron chi connectivity index (χ4n) is 5.92. The van der Waals surface area contributed by atoms with Gasteiger partial charge in [0.15, 0.2) is 5.60 Å². The van der Waals surface area contributed by atoms with E-state index in [1.165, 1.54) is 0 Å². The largest absolute Gasteiger partial charge is 0.442 e. The third-order valence-electron chi connectivity index (χ3n) is 8.54. The Bertz CT molecular complexity index is 2030. The van der Waals surface area contributed by atoms with Gasteiger partial charge in [-0.05, 0) is 94.1 Å². The Morgan fingerprint density at radius 2 is 0.860 bits per heavy atom. The summed E-state index contributed by atoms with van der Waals surface area (Å²) in [5.74, 6) is -0.699. The van der Waals surface area contributed by atoms with Gasteiger partial charge in [0.25, 0.3) is 0 Å². The van der Waals surface area contributed by atoms with Crippen LogP contribution in [0.25, 0.3) is 11.1 Å². The molecular weight excluding hydrogens is 753 g/mol. The summed E-state index contributed by atoms with van der Waals surface area (Å²) in [6.07, 6.45) is 3.75. The second-order valence-corrected chi connectivity index (χ2v) is 14.6. The number of esters is 1. The summed E-state index contributed by atoms with van der Waals surface area (Å²) in [7, 11) is 7.90. The Morgan fingerprint density at radius 1 is 0.520 bits per heavy atom. The third kappa shape index (κ3) is 6.98. The molecular formula is C40H30Cl6N2O2. The van der Waals surface area contributed by atoms with Crippen LogP contribution in [0.2, 0.25) is 30.1 Å². The zero-order valence-electron chi connectivity index (χ0n) is 27.4. The number of carbonyl (C=O) groups is 1. The summed E-state index contributed by atoms with van der Waals surface area (Å²) >= 11 is 39.7. The maximum Gasteiger partial charge on any atom is 0.341 e. The maximum atomic E-state index is 14.0. The normalized spacial score (nSPS) is 15.9. The summed E-state index contributed by atoms with van der Waals surface area (Å²) in [6.45, 7) is 0. The Balaban J connectivity index is 1.74. The Kier molecular flexibility index (Phi) is 10.5. The number of benzene rings is 5. The Labute approximate surface area is 322 Å². The van der Waals surface area contributed by atoms with E-state index in [4.69, 9.17) is 74.3 Å². The minimum atomic E-state index is -1.63. The van der Waals surface area contributed by atoms with Gasteiger partial charge in [-0.25, -0.2) is 4.79 Å². The summed E-state index contributed by atoms with van der Waals surface area (Å²) in [4.78, 5) is 18.0. The monoisotopic (exact) mass is 780 g/mol. The lowest BCUT2D eigenvalue weighted by Gasteiger charge is -2.27. The molecule has 5 aromatic rings. The van der Waals surface area contributed by atoms with Gasteiger partial charge >= 0.3 is 5.97 Å². The number of anilines is 2. The van der Waals surface area contributed by atoms with E-state index in [1.54, 1.807) is 0 Å². The van der Waals surface area contributed by atoms with Crippen LogP contribution in [0.5, 0.6) is 0 Å². The van der Waals surface area contributed by atoms with E-state index in [-0.39, 0.29) is 31.2 Å². The van der Waals surface area contributed by atoms with Crippen molar-refractivity contribution in [3.63, 3.8) is 0 Å². The van der Waals surface area contributed by atoms with Crippen LogP contribution in [0.15, 0.2) is 109 Å². The molecule has 0 amide bonds. The van der Waals surface area contributed by atoms with Gasteiger partial charge in [-0.1, -0.05) is 118 Å². The van der Waals surface area contributed by atoms with Crippen LogP contribution >= 0.6 is 69.6 Å². The minimum Gasteiger partial charge on any atom is -0.442 e. The van der Waals surface area contributed by atoms with Crippen molar-refractivity contribution in [2.45, 2.75) is 5.60 Å². The van der Waals surface area contributed by atoms with Crippen LogP contribution in [0, 0.1) is 0 Å². The first-order valence-corrected chi connectivity index (χ1v) is 17.7. The summed E-state index contributed by atoms with van der Waals surface area (Å²) < 4.78 is 6.46. The van der Waals surface area contributed by atoms with E-state index in [9.17, 15) is 4.79 Å². The molecule has 0 aliphatic carbocycles. The van der Waals surface area contributed by atoms with Crippen LogP contribution in [0.4, 0.5) is 11.4 Å². The topological polar surface area (TPSA) is 32.8 Å². The van der Waals surface area contributed by atoms with E-state index in [2.05, 4.69) is 0 Å². The lowest BCUT2D eigenvalue weighted by Crippen LogP contribution is -2.23. The van der Waals surface area contributed by atoms with Crippen LogP contribution < -0.4 is 9.80 Å². The molecule has 10 heteroatoms. The molecule has 4 nitrogen and oxygen atoms in total. The molecule has 0 N–H and O–H groups in total. The molecule has 6 rings (SSSR count). The average Bonchev–Trinajstić information content (AvgIpc) is 3.40. The van der Waals surface area contributed by atoms with Gasteiger partial charge < -0.3 is 14.5 Å². The summed E-state index contributed by atoms with van der Waals surface area (Å²) in [5.41, 5.74) is 5.50. The van der Waals surface area contributed by atoms with Crippen LogP contribution in [-0.4, -0.2) is 34.2 Å². The van der Waals surface area contributed by atoms with Crippen LogP contribution in [0.1, 0.15) is 38.2 Å². The average molecular weight is 783 g/mol. The molecule has 0 aromatic heterocycles. The predicted octanol–water partition coefficient (Wildman–Crippen LogP) is 12.4. The van der Waals surface area contributed by atoms with Crippen molar-refractivity contribution in [3.05, 3.63) is 173 Å². The van der Waals surface area contributed by atoms with Gasteiger partial charge in [0.2, 0.25) is 0 Å². The summed E-state index contributed by atoms with van der Waals surface area (Å²) in [5, 5.41) is 1.12. The standard InChI is InChI=1S/C40H30Cl6N2O2/c1-47(2)29-17-9-25(10-18-29)31(23-5-13-27(41)14-6-23)21-40(34-33(39(49)50-40)35(43)37(45)38(46)36(34)44)22-32(24-7-15-28(42)16-8-24)26-11-19-30(20-12-26)48(3)4/h5-22H,1-4H3/b31-21+,32-22+. The van der Waals surface area contributed by atoms with E-state index in [0.29, 0.717) is 10.0 Å². The van der Waals surface area contributed by atoms with Gasteiger partial charge in [0.1, 0.15) is 0 Å². The number of fused-ring (bicyclic) bond motifs is 1. The second kappa shape index (κ2) is 14.6. The zero-order chi connectivity index (χ0) is 35.9. The van der Waals surface area contributed by atoms with Crippen LogP contribution in [-0.2, 0) is 10.3 Å². The maximum absolute atomic E-state index is 14.0. The number of hydrogen-bond donors (Lipinski definition) is 0. The van der Waals surface area contributed by atoms with Gasteiger partial charge in [-0.3, -0.25) is 0 Å². The number of rotatable bonds is 8. The quantitative estimate of drug-likeness (QED) is 0.0891. The molecule has 1 aliphatic heterocycles. The molecule has 0 fully saturated rings. The first kappa shape index (κ1) is 36.2. The van der Waals surface area contributed by atoms with Crippen molar-refractivity contribution >= 4 is 98.1 Å². The van der Waals surface area contributed by atoms with Gasteiger partial charge in [0.05, 0.1) is 25.7 Å². The Hall–Kier alpha value is -3.61. The number of carbonyl (C=O) groups excluding carboxylic acids is 1. The molecule has 1 aliphatic rings. The van der Waals surface area contributed by atoms with E-state index in [0.717, 1.165) is 44.8 Å².